The predicted molar refractivity (Wildman–Crippen MR) is 88.7 cm³/mol. The van der Waals surface area contributed by atoms with E-state index in [1.54, 1.807) is 6.33 Å². The van der Waals surface area contributed by atoms with E-state index in [9.17, 15) is 0 Å². The summed E-state index contributed by atoms with van der Waals surface area (Å²) in [5.41, 5.74) is 6.72. The Morgan fingerprint density at radius 1 is 1.09 bits per heavy atom. The van der Waals surface area contributed by atoms with Crippen molar-refractivity contribution in [2.24, 2.45) is 0 Å². The quantitative estimate of drug-likeness (QED) is 0.523. The number of nitrogens with zero attached hydrogens (tertiary/aromatic N) is 5. The molecule has 6 heteroatoms. The molecule has 108 valence electrons. The van der Waals surface area contributed by atoms with Gasteiger partial charge in [0.25, 0.3) is 0 Å². The number of fused-ring (bicyclic) bond motifs is 3. The van der Waals surface area contributed by atoms with Gasteiger partial charge in [-0.15, -0.1) is 10.2 Å². The summed E-state index contributed by atoms with van der Waals surface area (Å²) in [6, 6.07) is 6.22. The molecular formula is C16H12BrN5. The number of aromatic nitrogens is 5. The van der Waals surface area contributed by atoms with E-state index in [4.69, 9.17) is 4.98 Å². The first-order valence-corrected chi connectivity index (χ1v) is 7.64. The zero-order valence-electron chi connectivity index (χ0n) is 12.1. The summed E-state index contributed by atoms with van der Waals surface area (Å²) >= 11 is 3.59. The molecule has 0 fully saturated rings. The monoisotopic (exact) mass is 353 g/mol. The largest absolute Gasteiger partial charge is 0.278 e. The van der Waals surface area contributed by atoms with Gasteiger partial charge in [-0.05, 0) is 37.6 Å². The molecule has 22 heavy (non-hydrogen) atoms. The minimum absolute atomic E-state index is 0.777. The number of hydrogen-bond acceptors (Lipinski definition) is 4. The Morgan fingerprint density at radius 3 is 2.77 bits per heavy atom. The van der Waals surface area contributed by atoms with Gasteiger partial charge in [-0.3, -0.25) is 9.38 Å². The Morgan fingerprint density at radius 2 is 1.95 bits per heavy atom. The molecule has 0 unspecified atom stereocenters. The lowest BCUT2D eigenvalue weighted by Gasteiger charge is -2.10. The summed E-state index contributed by atoms with van der Waals surface area (Å²) in [4.78, 5) is 9.05. The van der Waals surface area contributed by atoms with Crippen LogP contribution >= 0.6 is 15.9 Å². The van der Waals surface area contributed by atoms with Crippen LogP contribution in [-0.2, 0) is 0 Å². The lowest BCUT2D eigenvalue weighted by Crippen LogP contribution is -1.97. The Kier molecular flexibility index (Phi) is 2.94. The third-order valence-electron chi connectivity index (χ3n) is 3.65. The maximum atomic E-state index is 4.75. The number of halogens is 1. The summed E-state index contributed by atoms with van der Waals surface area (Å²) in [5.74, 6) is 0. The van der Waals surface area contributed by atoms with Gasteiger partial charge in [-0.25, -0.2) is 4.98 Å². The highest BCUT2D eigenvalue weighted by molar-refractivity contribution is 9.10. The van der Waals surface area contributed by atoms with E-state index in [2.05, 4.69) is 43.2 Å². The van der Waals surface area contributed by atoms with Gasteiger partial charge in [-0.2, -0.15) is 0 Å². The van der Waals surface area contributed by atoms with Crippen molar-refractivity contribution in [2.45, 2.75) is 13.8 Å². The van der Waals surface area contributed by atoms with Crippen molar-refractivity contribution in [3.63, 3.8) is 0 Å². The smallest absolute Gasteiger partial charge is 0.182 e. The number of pyridine rings is 1. The molecule has 4 aromatic rings. The fourth-order valence-electron chi connectivity index (χ4n) is 2.68. The molecule has 0 saturated carbocycles. The van der Waals surface area contributed by atoms with Crippen molar-refractivity contribution in [2.75, 3.05) is 0 Å². The van der Waals surface area contributed by atoms with Crippen LogP contribution in [0.1, 0.15) is 11.3 Å². The molecule has 0 aliphatic rings. The molecule has 5 nitrogen and oxygen atoms in total. The maximum Gasteiger partial charge on any atom is 0.182 e. The molecule has 1 aromatic carbocycles. The molecule has 0 radical (unpaired) electrons. The molecule has 0 bridgehead atoms. The molecular weight excluding hydrogens is 342 g/mol. The molecule has 4 rings (SSSR count). The van der Waals surface area contributed by atoms with E-state index >= 15 is 0 Å². The average molecular weight is 354 g/mol. The van der Waals surface area contributed by atoms with Gasteiger partial charge in [0.05, 0.1) is 16.7 Å². The average Bonchev–Trinajstić information content (AvgIpc) is 2.98. The van der Waals surface area contributed by atoms with Crippen LogP contribution in [0.3, 0.4) is 0 Å². The van der Waals surface area contributed by atoms with Crippen molar-refractivity contribution >= 4 is 32.6 Å². The van der Waals surface area contributed by atoms with Gasteiger partial charge >= 0.3 is 0 Å². The van der Waals surface area contributed by atoms with Gasteiger partial charge in [0, 0.05) is 28.0 Å². The van der Waals surface area contributed by atoms with Gasteiger partial charge in [-0.1, -0.05) is 15.9 Å². The minimum atomic E-state index is 0.777. The first kappa shape index (κ1) is 13.3. The second kappa shape index (κ2) is 4.84. The highest BCUT2D eigenvalue weighted by Crippen LogP contribution is 2.31. The van der Waals surface area contributed by atoms with Crippen LogP contribution in [0.25, 0.3) is 27.8 Å². The number of aryl methyl sites for hydroxylation is 2. The van der Waals surface area contributed by atoms with E-state index in [0.29, 0.717) is 0 Å². The number of benzene rings is 1. The van der Waals surface area contributed by atoms with E-state index in [0.717, 1.165) is 43.5 Å². The van der Waals surface area contributed by atoms with Gasteiger partial charge in [0.15, 0.2) is 5.65 Å². The van der Waals surface area contributed by atoms with Crippen LogP contribution in [0.15, 0.2) is 41.4 Å². The molecule has 0 atom stereocenters. The summed E-state index contributed by atoms with van der Waals surface area (Å²) in [6.07, 6.45) is 5.43. The fourth-order valence-corrected chi connectivity index (χ4v) is 3.13. The molecule has 3 heterocycles. The third-order valence-corrected chi connectivity index (χ3v) is 4.11. The second-order valence-electron chi connectivity index (χ2n) is 5.29. The van der Waals surface area contributed by atoms with Crippen molar-refractivity contribution < 1.29 is 0 Å². The van der Waals surface area contributed by atoms with Crippen molar-refractivity contribution in [3.8, 4) is 11.1 Å². The highest BCUT2D eigenvalue weighted by atomic mass is 79.9. The van der Waals surface area contributed by atoms with Crippen LogP contribution in [0, 0.1) is 13.8 Å². The SMILES string of the molecule is Cc1cncc(-c2cc(Br)cc3c2nc(C)c2nncn23)c1. The van der Waals surface area contributed by atoms with Crippen molar-refractivity contribution in [1.82, 2.24) is 24.6 Å². The summed E-state index contributed by atoms with van der Waals surface area (Å²) in [5, 5.41) is 8.14. The van der Waals surface area contributed by atoms with Crippen LogP contribution in [0.4, 0.5) is 0 Å². The van der Waals surface area contributed by atoms with E-state index in [-0.39, 0.29) is 0 Å². The third kappa shape index (κ3) is 1.99. The van der Waals surface area contributed by atoms with E-state index in [1.165, 1.54) is 0 Å². The van der Waals surface area contributed by atoms with E-state index in [1.807, 2.05) is 36.7 Å². The lowest BCUT2D eigenvalue weighted by atomic mass is 10.0. The minimum Gasteiger partial charge on any atom is -0.278 e. The lowest BCUT2D eigenvalue weighted by molar-refractivity contribution is 1.10. The predicted octanol–water partition coefficient (Wildman–Crippen LogP) is 3.72. The van der Waals surface area contributed by atoms with Gasteiger partial charge in [0.2, 0.25) is 0 Å². The Bertz CT molecular complexity index is 1020. The zero-order valence-corrected chi connectivity index (χ0v) is 13.7. The normalized spacial score (nSPS) is 11.4. The summed E-state index contributed by atoms with van der Waals surface area (Å²) in [6.45, 7) is 3.98. The van der Waals surface area contributed by atoms with Gasteiger partial charge < -0.3 is 0 Å². The first-order valence-electron chi connectivity index (χ1n) is 6.85. The Balaban J connectivity index is 2.17. The van der Waals surface area contributed by atoms with Gasteiger partial charge in [0.1, 0.15) is 6.33 Å². The molecule has 0 aliphatic heterocycles. The molecule has 0 N–H and O–H groups in total. The first-order chi connectivity index (χ1) is 10.6. The number of hydrogen-bond donors (Lipinski definition) is 0. The topological polar surface area (TPSA) is 56.0 Å². The molecule has 3 aromatic heterocycles. The van der Waals surface area contributed by atoms with E-state index < -0.39 is 0 Å². The molecule has 0 aliphatic carbocycles. The highest BCUT2D eigenvalue weighted by Gasteiger charge is 2.13. The summed E-state index contributed by atoms with van der Waals surface area (Å²) < 4.78 is 2.95. The Hall–Kier alpha value is -2.34. The zero-order chi connectivity index (χ0) is 15.3. The van der Waals surface area contributed by atoms with Crippen LogP contribution in [0.5, 0.6) is 0 Å². The van der Waals surface area contributed by atoms with Crippen LogP contribution in [0.2, 0.25) is 0 Å². The van der Waals surface area contributed by atoms with Crippen molar-refractivity contribution in [3.05, 3.63) is 52.7 Å². The van der Waals surface area contributed by atoms with Crippen LogP contribution < -0.4 is 0 Å². The molecule has 0 saturated heterocycles. The number of rotatable bonds is 1. The van der Waals surface area contributed by atoms with Crippen molar-refractivity contribution in [1.29, 1.82) is 0 Å². The fraction of sp³-hybridized carbons (Fsp3) is 0.125. The molecule has 0 spiro atoms. The maximum absolute atomic E-state index is 4.75. The second-order valence-corrected chi connectivity index (χ2v) is 6.21. The summed E-state index contributed by atoms with van der Waals surface area (Å²) in [7, 11) is 0. The Labute approximate surface area is 135 Å². The van der Waals surface area contributed by atoms with Crippen LogP contribution in [-0.4, -0.2) is 24.6 Å². The standard InChI is InChI=1S/C16H12BrN5/c1-9-3-11(7-18-6-9)13-4-12(17)5-14-15(13)20-10(2)16-21-19-8-22(14)16/h3-8H,1-2H3. The molecule has 0 amide bonds.